The van der Waals surface area contributed by atoms with E-state index in [9.17, 15) is 4.79 Å². The minimum absolute atomic E-state index is 0.178. The highest BCUT2D eigenvalue weighted by atomic mass is 32.2. The van der Waals surface area contributed by atoms with Crippen LogP contribution in [0, 0.1) is 6.92 Å². The van der Waals surface area contributed by atoms with Crippen molar-refractivity contribution in [3.05, 3.63) is 60.2 Å². The molecule has 0 unspecified atom stereocenters. The Labute approximate surface area is 163 Å². The number of aryl methyl sites for hydroxylation is 1. The first-order valence-corrected chi connectivity index (χ1v) is 10.2. The van der Waals surface area contributed by atoms with Gasteiger partial charge in [0.2, 0.25) is 5.91 Å². The zero-order chi connectivity index (χ0) is 18.6. The van der Waals surface area contributed by atoms with Crippen molar-refractivity contribution in [3.8, 4) is 17.1 Å². The van der Waals surface area contributed by atoms with Gasteiger partial charge in [0.25, 0.3) is 0 Å². The number of amides is 1. The topological polar surface area (TPSA) is 51.0 Å². The van der Waals surface area contributed by atoms with Gasteiger partial charge in [0, 0.05) is 24.3 Å². The van der Waals surface area contributed by atoms with E-state index >= 15 is 0 Å². The molecular weight excluding hydrogens is 356 g/mol. The molecule has 0 aliphatic carbocycles. The van der Waals surface area contributed by atoms with E-state index < -0.39 is 0 Å². The second kappa shape index (κ2) is 7.96. The number of rotatable bonds is 5. The molecule has 138 valence electrons. The van der Waals surface area contributed by atoms with Gasteiger partial charge in [-0.3, -0.25) is 9.36 Å². The molecule has 4 rings (SSSR count). The zero-order valence-corrected chi connectivity index (χ0v) is 16.2. The highest BCUT2D eigenvalue weighted by molar-refractivity contribution is 7.99. The molecule has 3 aromatic rings. The van der Waals surface area contributed by atoms with Crippen LogP contribution in [0.2, 0.25) is 0 Å². The molecule has 1 aliphatic heterocycles. The molecule has 0 N–H and O–H groups in total. The molecule has 1 aromatic heterocycles. The molecule has 2 heterocycles. The van der Waals surface area contributed by atoms with Crippen LogP contribution in [0.25, 0.3) is 17.1 Å². The number of carbonyl (C=O) groups is 1. The Morgan fingerprint density at radius 3 is 2.41 bits per heavy atom. The van der Waals surface area contributed by atoms with E-state index in [1.807, 2.05) is 39.8 Å². The van der Waals surface area contributed by atoms with Crippen LogP contribution in [0.4, 0.5) is 0 Å². The van der Waals surface area contributed by atoms with Gasteiger partial charge in [-0.05, 0) is 31.9 Å². The summed E-state index contributed by atoms with van der Waals surface area (Å²) in [7, 11) is 0. The van der Waals surface area contributed by atoms with E-state index in [1.54, 1.807) is 0 Å². The molecule has 5 nitrogen and oxygen atoms in total. The average Bonchev–Trinajstić information content (AvgIpc) is 3.38. The van der Waals surface area contributed by atoms with Crippen LogP contribution in [0.5, 0.6) is 0 Å². The van der Waals surface area contributed by atoms with E-state index in [1.165, 1.54) is 17.3 Å². The Balaban J connectivity index is 1.65. The zero-order valence-electron chi connectivity index (χ0n) is 15.3. The number of carbonyl (C=O) groups excluding carboxylic acids is 1. The molecule has 0 radical (unpaired) electrons. The van der Waals surface area contributed by atoms with Crippen molar-refractivity contribution in [3.63, 3.8) is 0 Å². The molecule has 0 bridgehead atoms. The maximum Gasteiger partial charge on any atom is 0.233 e. The van der Waals surface area contributed by atoms with E-state index in [2.05, 4.69) is 41.4 Å². The number of aromatic nitrogens is 3. The summed E-state index contributed by atoms with van der Waals surface area (Å²) in [6.45, 7) is 3.82. The van der Waals surface area contributed by atoms with E-state index in [0.717, 1.165) is 48.2 Å². The lowest BCUT2D eigenvalue weighted by Crippen LogP contribution is -2.29. The van der Waals surface area contributed by atoms with Crippen molar-refractivity contribution in [2.75, 3.05) is 18.8 Å². The minimum Gasteiger partial charge on any atom is -0.342 e. The van der Waals surface area contributed by atoms with Gasteiger partial charge < -0.3 is 4.90 Å². The summed E-state index contributed by atoms with van der Waals surface area (Å²) in [5.74, 6) is 1.35. The summed E-state index contributed by atoms with van der Waals surface area (Å²) >= 11 is 1.45. The van der Waals surface area contributed by atoms with Crippen molar-refractivity contribution < 1.29 is 4.79 Å². The van der Waals surface area contributed by atoms with Crippen LogP contribution >= 0.6 is 11.8 Å². The van der Waals surface area contributed by atoms with Crippen molar-refractivity contribution in [2.45, 2.75) is 24.9 Å². The summed E-state index contributed by atoms with van der Waals surface area (Å²) in [6, 6.07) is 18.3. The third-order valence-electron chi connectivity index (χ3n) is 4.74. The van der Waals surface area contributed by atoms with Gasteiger partial charge in [-0.1, -0.05) is 59.8 Å². The fourth-order valence-electron chi connectivity index (χ4n) is 3.25. The lowest BCUT2D eigenvalue weighted by Gasteiger charge is -2.15. The number of hydrogen-bond donors (Lipinski definition) is 0. The summed E-state index contributed by atoms with van der Waals surface area (Å²) in [5.41, 5.74) is 3.20. The van der Waals surface area contributed by atoms with Crippen molar-refractivity contribution >= 4 is 17.7 Å². The molecule has 6 heteroatoms. The van der Waals surface area contributed by atoms with Gasteiger partial charge >= 0.3 is 0 Å². The number of benzene rings is 2. The monoisotopic (exact) mass is 378 g/mol. The van der Waals surface area contributed by atoms with Gasteiger partial charge in [-0.15, -0.1) is 10.2 Å². The van der Waals surface area contributed by atoms with Gasteiger partial charge in [0.15, 0.2) is 11.0 Å². The van der Waals surface area contributed by atoms with Crippen LogP contribution < -0.4 is 0 Å². The van der Waals surface area contributed by atoms with E-state index in [-0.39, 0.29) is 5.91 Å². The fourth-order valence-corrected chi connectivity index (χ4v) is 4.10. The Morgan fingerprint density at radius 1 is 1.00 bits per heavy atom. The van der Waals surface area contributed by atoms with E-state index in [4.69, 9.17) is 0 Å². The van der Waals surface area contributed by atoms with Crippen LogP contribution in [0.15, 0.2) is 59.8 Å². The summed E-state index contributed by atoms with van der Waals surface area (Å²) in [6.07, 6.45) is 2.21. The number of thioether (sulfide) groups is 1. The minimum atomic E-state index is 0.178. The first-order chi connectivity index (χ1) is 13.2. The highest BCUT2D eigenvalue weighted by Crippen LogP contribution is 2.28. The second-order valence-corrected chi connectivity index (χ2v) is 7.66. The molecule has 27 heavy (non-hydrogen) atoms. The van der Waals surface area contributed by atoms with Crippen molar-refractivity contribution in [1.29, 1.82) is 0 Å². The quantitative estimate of drug-likeness (QED) is 0.631. The number of likely N-dealkylation sites (tertiary alicyclic amines) is 1. The standard InChI is InChI=1S/C21H22N4OS/c1-16-9-11-18(12-10-16)25-20(17-7-3-2-4-8-17)22-23-21(25)27-15-19(26)24-13-5-6-14-24/h2-4,7-12H,5-6,13-15H2,1H3. The van der Waals surface area contributed by atoms with Crippen LogP contribution in [0.3, 0.4) is 0 Å². The Morgan fingerprint density at radius 2 is 1.70 bits per heavy atom. The number of hydrogen-bond acceptors (Lipinski definition) is 4. The molecule has 1 fully saturated rings. The highest BCUT2D eigenvalue weighted by Gasteiger charge is 2.21. The largest absolute Gasteiger partial charge is 0.342 e. The van der Waals surface area contributed by atoms with Gasteiger partial charge in [-0.2, -0.15) is 0 Å². The molecule has 0 spiro atoms. The lowest BCUT2D eigenvalue weighted by atomic mass is 10.2. The van der Waals surface area contributed by atoms with Crippen molar-refractivity contribution in [1.82, 2.24) is 19.7 Å². The number of nitrogens with zero attached hydrogens (tertiary/aromatic N) is 4. The maximum atomic E-state index is 12.4. The van der Waals surface area contributed by atoms with Gasteiger partial charge in [-0.25, -0.2) is 0 Å². The first-order valence-electron chi connectivity index (χ1n) is 9.21. The Hall–Kier alpha value is -2.60. The molecular formula is C21H22N4OS. The predicted molar refractivity (Wildman–Crippen MR) is 108 cm³/mol. The van der Waals surface area contributed by atoms with Gasteiger partial charge in [0.1, 0.15) is 0 Å². The van der Waals surface area contributed by atoms with Gasteiger partial charge in [0.05, 0.1) is 5.75 Å². The third-order valence-corrected chi connectivity index (χ3v) is 5.65. The molecule has 0 saturated carbocycles. The third kappa shape index (κ3) is 3.90. The van der Waals surface area contributed by atoms with Crippen LogP contribution in [0.1, 0.15) is 18.4 Å². The average molecular weight is 379 g/mol. The second-order valence-electron chi connectivity index (χ2n) is 6.72. The van der Waals surface area contributed by atoms with E-state index in [0.29, 0.717) is 5.75 Å². The summed E-state index contributed by atoms with van der Waals surface area (Å²) in [5, 5.41) is 9.56. The normalized spacial score (nSPS) is 13.9. The molecule has 1 saturated heterocycles. The van der Waals surface area contributed by atoms with Crippen molar-refractivity contribution in [2.24, 2.45) is 0 Å². The first kappa shape index (κ1) is 17.8. The molecule has 1 amide bonds. The molecule has 1 aliphatic rings. The molecule has 0 atom stereocenters. The van der Waals surface area contributed by atoms with Crippen LogP contribution in [-0.4, -0.2) is 44.4 Å². The SMILES string of the molecule is Cc1ccc(-n2c(SCC(=O)N3CCCC3)nnc2-c2ccccc2)cc1. The fraction of sp³-hybridized carbons (Fsp3) is 0.286. The Kier molecular flexibility index (Phi) is 5.25. The maximum absolute atomic E-state index is 12.4. The lowest BCUT2D eigenvalue weighted by molar-refractivity contribution is -0.127. The Bertz CT molecular complexity index is 915. The molecule has 2 aromatic carbocycles. The van der Waals surface area contributed by atoms with Crippen LogP contribution in [-0.2, 0) is 4.79 Å². The predicted octanol–water partition coefficient (Wildman–Crippen LogP) is 3.96. The smallest absolute Gasteiger partial charge is 0.233 e. The summed E-state index contributed by atoms with van der Waals surface area (Å²) < 4.78 is 2.04. The summed E-state index contributed by atoms with van der Waals surface area (Å²) in [4.78, 5) is 14.4.